The summed E-state index contributed by atoms with van der Waals surface area (Å²) < 4.78 is 13.7. The van der Waals surface area contributed by atoms with Crippen LogP contribution in [0, 0.1) is 5.82 Å². The van der Waals surface area contributed by atoms with Crippen LogP contribution in [0.2, 0.25) is 0 Å². The molecule has 29 heavy (non-hydrogen) atoms. The Morgan fingerprint density at radius 3 is 2.76 bits per heavy atom. The minimum Gasteiger partial charge on any atom is -0.310 e. The molecule has 1 atom stereocenters. The number of nitrogens with zero attached hydrogens (tertiary/aromatic N) is 2. The maximum Gasteiger partial charge on any atom is 0.268 e. The number of para-hydroxylation sites is 1. The third kappa shape index (κ3) is 2.80. The van der Waals surface area contributed by atoms with E-state index in [1.54, 1.807) is 28.0 Å². The maximum atomic E-state index is 13.8. The zero-order valence-electron chi connectivity index (χ0n) is 15.4. The summed E-state index contributed by atoms with van der Waals surface area (Å²) in [7, 11) is 0. The Balaban J connectivity index is 1.59. The summed E-state index contributed by atoms with van der Waals surface area (Å²) in [5, 5.41) is 1.86. The van der Waals surface area contributed by atoms with Crippen molar-refractivity contribution in [1.82, 2.24) is 4.90 Å². The molecule has 5 rings (SSSR count). The average Bonchev–Trinajstić information content (AvgIpc) is 3.45. The van der Waals surface area contributed by atoms with Gasteiger partial charge in [-0.3, -0.25) is 9.59 Å². The molecule has 0 N–H and O–H groups in total. The predicted molar refractivity (Wildman–Crippen MR) is 114 cm³/mol. The van der Waals surface area contributed by atoms with Crippen molar-refractivity contribution in [3.63, 3.8) is 0 Å². The Hall–Kier alpha value is -2.64. The number of thiophene rings is 1. The van der Waals surface area contributed by atoms with E-state index in [1.807, 2.05) is 35.7 Å². The van der Waals surface area contributed by atoms with Crippen LogP contribution in [0.5, 0.6) is 0 Å². The molecule has 4 nitrogen and oxygen atoms in total. The van der Waals surface area contributed by atoms with Crippen LogP contribution in [-0.2, 0) is 16.2 Å². The van der Waals surface area contributed by atoms with E-state index in [9.17, 15) is 14.0 Å². The summed E-state index contributed by atoms with van der Waals surface area (Å²) in [4.78, 5) is 30.0. The zero-order chi connectivity index (χ0) is 20.0. The van der Waals surface area contributed by atoms with E-state index in [0.717, 1.165) is 11.3 Å². The monoisotopic (exact) mass is 424 g/mol. The maximum absolute atomic E-state index is 13.8. The van der Waals surface area contributed by atoms with Crippen molar-refractivity contribution < 1.29 is 14.0 Å². The molecular weight excluding hydrogens is 407 g/mol. The highest BCUT2D eigenvalue weighted by atomic mass is 32.2. The lowest BCUT2D eigenvalue weighted by Crippen LogP contribution is -2.50. The van der Waals surface area contributed by atoms with Gasteiger partial charge in [0, 0.05) is 17.9 Å². The van der Waals surface area contributed by atoms with Crippen LogP contribution in [0.25, 0.3) is 0 Å². The summed E-state index contributed by atoms with van der Waals surface area (Å²) in [6, 6.07) is 17.5. The van der Waals surface area contributed by atoms with E-state index >= 15 is 0 Å². The topological polar surface area (TPSA) is 40.6 Å². The molecule has 1 saturated heterocycles. The van der Waals surface area contributed by atoms with Gasteiger partial charge in [-0.2, -0.15) is 0 Å². The molecule has 0 bridgehead atoms. The molecule has 1 spiro atoms. The number of carbonyl (C=O) groups is 2. The Bertz CT molecular complexity index is 1100. The summed E-state index contributed by atoms with van der Waals surface area (Å²) in [5.41, 5.74) is 2.32. The highest BCUT2D eigenvalue weighted by molar-refractivity contribution is 8.01. The molecule has 1 fully saturated rings. The number of amides is 2. The number of thioether (sulfide) groups is 1. The van der Waals surface area contributed by atoms with Gasteiger partial charge < -0.3 is 9.80 Å². The molecule has 0 aliphatic carbocycles. The van der Waals surface area contributed by atoms with Crippen molar-refractivity contribution in [3.05, 3.63) is 87.9 Å². The molecule has 1 aromatic heterocycles. The highest BCUT2D eigenvalue weighted by Crippen LogP contribution is 2.54. The Labute approximate surface area is 175 Å². The molecule has 2 aliphatic heterocycles. The third-order valence-electron chi connectivity index (χ3n) is 5.31. The van der Waals surface area contributed by atoms with Gasteiger partial charge >= 0.3 is 0 Å². The molecule has 2 amide bonds. The summed E-state index contributed by atoms with van der Waals surface area (Å²) in [5.74, 6) is 0.0864. The van der Waals surface area contributed by atoms with E-state index in [0.29, 0.717) is 22.7 Å². The second-order valence-electron chi connectivity index (χ2n) is 6.96. The van der Waals surface area contributed by atoms with Gasteiger partial charge in [-0.1, -0.05) is 36.4 Å². The molecule has 3 heterocycles. The average molecular weight is 425 g/mol. The number of anilines is 1. The second kappa shape index (κ2) is 7.00. The number of halogens is 1. The minimum atomic E-state index is -1.06. The first-order chi connectivity index (χ1) is 14.1. The first-order valence-corrected chi connectivity index (χ1v) is 11.1. The third-order valence-corrected chi connectivity index (χ3v) is 7.58. The van der Waals surface area contributed by atoms with Gasteiger partial charge in [0.1, 0.15) is 5.82 Å². The van der Waals surface area contributed by atoms with Crippen LogP contribution in [0.4, 0.5) is 10.1 Å². The van der Waals surface area contributed by atoms with E-state index in [1.165, 1.54) is 35.2 Å². The van der Waals surface area contributed by atoms with Crippen LogP contribution >= 0.6 is 23.1 Å². The number of rotatable bonds is 3. The molecule has 2 aliphatic rings. The standard InChI is InChI=1S/C22H17FN2O2S2/c23-16-6-3-5-15(13-16)14-24-18-8-2-1-7-17(18)22(21(24)27)25(10-12-29-22)20(26)19-9-4-11-28-19/h1-9,11,13H,10,12,14H2/t22-/m0/s1. The SMILES string of the molecule is O=C(c1cccs1)N1CCS[C@@]12C(=O)N(Cc1cccc(F)c1)c1ccccc12. The molecule has 2 aromatic carbocycles. The Morgan fingerprint density at radius 2 is 1.97 bits per heavy atom. The van der Waals surface area contributed by atoms with E-state index in [2.05, 4.69) is 0 Å². The smallest absolute Gasteiger partial charge is 0.268 e. The fraction of sp³-hybridized carbons (Fsp3) is 0.182. The first kappa shape index (κ1) is 18.4. The van der Waals surface area contributed by atoms with Gasteiger partial charge in [0.2, 0.25) is 0 Å². The fourth-order valence-corrected chi connectivity index (χ4v) is 6.21. The molecule has 146 valence electrons. The van der Waals surface area contributed by atoms with E-state index < -0.39 is 4.87 Å². The van der Waals surface area contributed by atoms with E-state index in [4.69, 9.17) is 0 Å². The quantitative estimate of drug-likeness (QED) is 0.623. The zero-order valence-corrected chi connectivity index (χ0v) is 17.0. The normalized spacial score (nSPS) is 20.5. The van der Waals surface area contributed by atoms with Crippen molar-refractivity contribution in [2.45, 2.75) is 11.4 Å². The fourth-order valence-electron chi connectivity index (χ4n) is 4.08. The van der Waals surface area contributed by atoms with Crippen LogP contribution in [0.15, 0.2) is 66.0 Å². The molecule has 3 aromatic rings. The number of benzene rings is 2. The number of hydrogen-bond acceptors (Lipinski definition) is 4. The number of carbonyl (C=O) groups excluding carboxylic acids is 2. The predicted octanol–water partition coefficient (Wildman–Crippen LogP) is 4.48. The van der Waals surface area contributed by atoms with Gasteiger partial charge in [0.15, 0.2) is 4.87 Å². The minimum absolute atomic E-state index is 0.124. The van der Waals surface area contributed by atoms with Crippen molar-refractivity contribution in [3.8, 4) is 0 Å². The lowest BCUT2D eigenvalue weighted by Gasteiger charge is -2.33. The Morgan fingerprint density at radius 1 is 1.10 bits per heavy atom. The highest BCUT2D eigenvalue weighted by Gasteiger charge is 2.59. The first-order valence-electron chi connectivity index (χ1n) is 9.26. The Kier molecular flexibility index (Phi) is 4.44. The van der Waals surface area contributed by atoms with Gasteiger partial charge in [-0.25, -0.2) is 4.39 Å². The van der Waals surface area contributed by atoms with Crippen LogP contribution < -0.4 is 4.90 Å². The van der Waals surface area contributed by atoms with Gasteiger partial charge in [0.25, 0.3) is 11.8 Å². The molecule has 0 saturated carbocycles. The largest absolute Gasteiger partial charge is 0.310 e. The van der Waals surface area contributed by atoms with Crippen LogP contribution in [-0.4, -0.2) is 29.0 Å². The van der Waals surface area contributed by atoms with Crippen molar-refractivity contribution in [2.75, 3.05) is 17.2 Å². The van der Waals surface area contributed by atoms with Crippen LogP contribution in [0.3, 0.4) is 0 Å². The lowest BCUT2D eigenvalue weighted by molar-refractivity contribution is -0.123. The summed E-state index contributed by atoms with van der Waals surface area (Å²) >= 11 is 2.88. The number of hydrogen-bond donors (Lipinski definition) is 0. The molecule has 7 heteroatoms. The van der Waals surface area contributed by atoms with Gasteiger partial charge in [0.05, 0.1) is 17.1 Å². The molecular formula is C22H17FN2O2S2. The summed E-state index contributed by atoms with van der Waals surface area (Å²) in [6.07, 6.45) is 0. The van der Waals surface area contributed by atoms with Crippen molar-refractivity contribution >= 4 is 40.6 Å². The van der Waals surface area contributed by atoms with E-state index in [-0.39, 0.29) is 24.2 Å². The number of fused-ring (bicyclic) bond motifs is 2. The lowest BCUT2D eigenvalue weighted by atomic mass is 10.1. The van der Waals surface area contributed by atoms with Crippen molar-refractivity contribution in [2.24, 2.45) is 0 Å². The molecule has 0 unspecified atom stereocenters. The second-order valence-corrected chi connectivity index (χ2v) is 9.20. The van der Waals surface area contributed by atoms with Gasteiger partial charge in [-0.05, 0) is 35.2 Å². The summed E-state index contributed by atoms with van der Waals surface area (Å²) in [6.45, 7) is 0.770. The van der Waals surface area contributed by atoms with Crippen LogP contribution in [0.1, 0.15) is 20.8 Å². The van der Waals surface area contributed by atoms with Crippen molar-refractivity contribution in [1.29, 1.82) is 0 Å². The molecule has 0 radical (unpaired) electrons. The van der Waals surface area contributed by atoms with Gasteiger partial charge in [-0.15, -0.1) is 23.1 Å².